The zero-order chi connectivity index (χ0) is 26.0. The molecule has 1 unspecified atom stereocenters. The molecule has 8 nitrogen and oxygen atoms in total. The molecule has 38 heavy (non-hydrogen) atoms. The summed E-state index contributed by atoms with van der Waals surface area (Å²) in [5, 5.41) is 10.4. The van der Waals surface area contributed by atoms with Gasteiger partial charge in [-0.25, -0.2) is 4.79 Å². The summed E-state index contributed by atoms with van der Waals surface area (Å²) in [7, 11) is 1.61. The van der Waals surface area contributed by atoms with Crippen LogP contribution in [0.4, 0.5) is 4.79 Å². The van der Waals surface area contributed by atoms with Gasteiger partial charge in [-0.15, -0.1) is 0 Å². The van der Waals surface area contributed by atoms with Crippen LogP contribution in [0, 0.1) is 0 Å². The fourth-order valence-corrected chi connectivity index (χ4v) is 6.57. The number of fused-ring (bicyclic) bond motifs is 9. The van der Waals surface area contributed by atoms with Crippen molar-refractivity contribution in [3.05, 3.63) is 59.7 Å². The molecule has 2 aliphatic rings. The second-order valence-corrected chi connectivity index (χ2v) is 10.4. The predicted molar refractivity (Wildman–Crippen MR) is 148 cm³/mol. The highest BCUT2D eigenvalue weighted by Crippen LogP contribution is 2.45. The van der Waals surface area contributed by atoms with Crippen LogP contribution in [0.25, 0.3) is 43.6 Å². The number of rotatable bonds is 4. The standard InChI is InChI=1S/C30H30N4O4/c1-17(16-37-2)32-30(36)38-18-11-13-33-22-9-5-3-7-19(22)24-21-15-31-29(35)26(21)25-20-8-4-6-10-23(20)34(14-12-18)28(25)27(24)33/h3-10,17-18H,11-16H2,1-2H3,(H,31,35)(H,32,36)/t17-,18?/m0/s1. The molecule has 2 amide bonds. The molecule has 0 saturated heterocycles. The van der Waals surface area contributed by atoms with Gasteiger partial charge < -0.3 is 29.2 Å². The highest BCUT2D eigenvalue weighted by atomic mass is 16.6. The van der Waals surface area contributed by atoms with Gasteiger partial charge in [0.15, 0.2) is 0 Å². The smallest absolute Gasteiger partial charge is 0.407 e. The third-order valence-corrected chi connectivity index (χ3v) is 8.08. The predicted octanol–water partition coefficient (Wildman–Crippen LogP) is 5.07. The second kappa shape index (κ2) is 8.77. The number of amides is 2. The minimum absolute atomic E-state index is 0.00966. The Hall–Kier alpha value is -4.04. The number of para-hydroxylation sites is 2. The number of benzene rings is 3. The summed E-state index contributed by atoms with van der Waals surface area (Å²) < 4.78 is 15.8. The molecule has 0 radical (unpaired) electrons. The van der Waals surface area contributed by atoms with E-state index in [-0.39, 0.29) is 18.1 Å². The van der Waals surface area contributed by atoms with E-state index in [9.17, 15) is 9.59 Å². The molecule has 0 aliphatic carbocycles. The monoisotopic (exact) mass is 510 g/mol. The topological polar surface area (TPSA) is 86.5 Å². The molecular weight excluding hydrogens is 480 g/mol. The van der Waals surface area contributed by atoms with Crippen molar-refractivity contribution in [3.8, 4) is 0 Å². The third-order valence-electron chi connectivity index (χ3n) is 8.08. The Morgan fingerprint density at radius 3 is 2.26 bits per heavy atom. The normalized spacial score (nSPS) is 17.9. The summed E-state index contributed by atoms with van der Waals surface area (Å²) in [4.78, 5) is 26.0. The number of carbonyl (C=O) groups excluding carboxylic acids is 2. The van der Waals surface area contributed by atoms with Gasteiger partial charge in [0, 0.05) is 72.2 Å². The van der Waals surface area contributed by atoms with Crippen LogP contribution in [0.15, 0.2) is 48.5 Å². The van der Waals surface area contributed by atoms with E-state index < -0.39 is 6.09 Å². The van der Waals surface area contributed by atoms with Gasteiger partial charge in [-0.3, -0.25) is 4.79 Å². The van der Waals surface area contributed by atoms with Crippen LogP contribution < -0.4 is 10.6 Å². The number of methoxy groups -OCH3 is 1. The molecule has 0 spiro atoms. The molecule has 5 aromatic rings. The van der Waals surface area contributed by atoms with E-state index in [0.717, 1.165) is 54.7 Å². The average Bonchev–Trinajstić information content (AvgIpc) is 3.56. The summed E-state index contributed by atoms with van der Waals surface area (Å²) in [6, 6.07) is 16.6. The number of ether oxygens (including phenoxy) is 2. The Morgan fingerprint density at radius 2 is 1.61 bits per heavy atom. The summed E-state index contributed by atoms with van der Waals surface area (Å²) >= 11 is 0. The molecule has 0 fully saturated rings. The second-order valence-electron chi connectivity index (χ2n) is 10.4. The summed E-state index contributed by atoms with van der Waals surface area (Å²) in [5.74, 6) is -0.00966. The first-order valence-electron chi connectivity index (χ1n) is 13.3. The molecule has 7 rings (SSSR count). The minimum Gasteiger partial charge on any atom is -0.446 e. The lowest BCUT2D eigenvalue weighted by atomic mass is 9.97. The first kappa shape index (κ1) is 23.1. The number of aryl methyl sites for hydroxylation is 2. The van der Waals surface area contributed by atoms with E-state index >= 15 is 0 Å². The number of carbonyl (C=O) groups is 2. The quantitative estimate of drug-likeness (QED) is 0.354. The van der Waals surface area contributed by atoms with Crippen molar-refractivity contribution < 1.29 is 19.1 Å². The fourth-order valence-electron chi connectivity index (χ4n) is 6.57. The number of nitrogens with zero attached hydrogens (tertiary/aromatic N) is 2. The Morgan fingerprint density at radius 1 is 1.00 bits per heavy atom. The molecule has 2 aliphatic heterocycles. The summed E-state index contributed by atoms with van der Waals surface area (Å²) in [5.41, 5.74) is 6.34. The number of hydrogen-bond acceptors (Lipinski definition) is 4. The van der Waals surface area contributed by atoms with Crippen LogP contribution in [-0.4, -0.2) is 47.0 Å². The van der Waals surface area contributed by atoms with Crippen molar-refractivity contribution in [1.29, 1.82) is 0 Å². The van der Waals surface area contributed by atoms with Gasteiger partial charge in [0.25, 0.3) is 5.91 Å². The lowest BCUT2D eigenvalue weighted by Crippen LogP contribution is -2.38. The number of hydrogen-bond donors (Lipinski definition) is 2. The van der Waals surface area contributed by atoms with Crippen LogP contribution in [0.3, 0.4) is 0 Å². The maximum Gasteiger partial charge on any atom is 0.407 e. The number of nitrogens with one attached hydrogen (secondary N) is 2. The Labute approximate surface area is 219 Å². The molecule has 2 atom stereocenters. The molecule has 2 aromatic heterocycles. The van der Waals surface area contributed by atoms with Crippen molar-refractivity contribution in [2.75, 3.05) is 13.7 Å². The van der Waals surface area contributed by atoms with Crippen molar-refractivity contribution in [2.45, 2.75) is 51.5 Å². The Bertz CT molecular complexity index is 1760. The highest BCUT2D eigenvalue weighted by Gasteiger charge is 2.33. The Kier molecular flexibility index (Phi) is 5.33. The highest BCUT2D eigenvalue weighted by molar-refractivity contribution is 6.30. The van der Waals surface area contributed by atoms with Crippen LogP contribution >= 0.6 is 0 Å². The van der Waals surface area contributed by atoms with Crippen molar-refractivity contribution >= 4 is 55.6 Å². The van der Waals surface area contributed by atoms with E-state index in [1.54, 1.807) is 7.11 Å². The van der Waals surface area contributed by atoms with Gasteiger partial charge in [0.05, 0.1) is 29.2 Å². The van der Waals surface area contributed by atoms with Gasteiger partial charge in [0.1, 0.15) is 6.10 Å². The van der Waals surface area contributed by atoms with E-state index in [2.05, 4.69) is 56.2 Å². The van der Waals surface area contributed by atoms with Crippen LogP contribution in [-0.2, 0) is 29.1 Å². The maximum atomic E-state index is 13.3. The van der Waals surface area contributed by atoms with E-state index in [1.165, 1.54) is 0 Å². The average molecular weight is 511 g/mol. The molecule has 194 valence electrons. The van der Waals surface area contributed by atoms with E-state index in [0.29, 0.717) is 39.1 Å². The maximum absolute atomic E-state index is 13.3. The SMILES string of the molecule is COC[C@H](C)NC(=O)OC1CCn2c3ccccc3c3c4c(c5c6ccccc6n(c5c32)CC1)C(=O)NC4. The molecule has 0 saturated carbocycles. The zero-order valence-corrected chi connectivity index (χ0v) is 21.5. The number of alkyl carbamates (subject to hydrolysis) is 1. The van der Waals surface area contributed by atoms with Gasteiger partial charge >= 0.3 is 6.09 Å². The van der Waals surface area contributed by atoms with Gasteiger partial charge in [-0.05, 0) is 24.6 Å². The Balaban J connectivity index is 1.46. The molecule has 0 bridgehead atoms. The molecule has 3 aromatic carbocycles. The molecular formula is C30H30N4O4. The van der Waals surface area contributed by atoms with E-state index in [4.69, 9.17) is 9.47 Å². The van der Waals surface area contributed by atoms with Gasteiger partial charge in [-0.2, -0.15) is 0 Å². The molecule has 2 N–H and O–H groups in total. The fraction of sp³-hybridized carbons (Fsp3) is 0.333. The minimum atomic E-state index is -0.419. The van der Waals surface area contributed by atoms with Crippen LogP contribution in [0.1, 0.15) is 35.7 Å². The van der Waals surface area contributed by atoms with Crippen molar-refractivity contribution in [2.24, 2.45) is 0 Å². The van der Waals surface area contributed by atoms with Crippen LogP contribution in [0.2, 0.25) is 0 Å². The first-order valence-corrected chi connectivity index (χ1v) is 13.3. The van der Waals surface area contributed by atoms with E-state index in [1.807, 2.05) is 19.1 Å². The lowest BCUT2D eigenvalue weighted by Gasteiger charge is -2.20. The van der Waals surface area contributed by atoms with Gasteiger partial charge in [-0.1, -0.05) is 36.4 Å². The van der Waals surface area contributed by atoms with Crippen molar-refractivity contribution in [3.63, 3.8) is 0 Å². The summed E-state index contributed by atoms with van der Waals surface area (Å²) in [6.07, 6.45) is 0.685. The van der Waals surface area contributed by atoms with Crippen molar-refractivity contribution in [1.82, 2.24) is 19.8 Å². The number of aromatic nitrogens is 2. The van der Waals surface area contributed by atoms with Crippen LogP contribution in [0.5, 0.6) is 0 Å². The third kappa shape index (κ3) is 3.33. The lowest BCUT2D eigenvalue weighted by molar-refractivity contribution is 0.0762. The molecule has 8 heteroatoms. The first-order chi connectivity index (χ1) is 18.6. The molecule has 4 heterocycles. The summed E-state index contributed by atoms with van der Waals surface area (Å²) in [6.45, 7) is 4.22. The van der Waals surface area contributed by atoms with Gasteiger partial charge in [0.2, 0.25) is 0 Å². The zero-order valence-electron chi connectivity index (χ0n) is 21.5. The largest absolute Gasteiger partial charge is 0.446 e.